The van der Waals surface area contributed by atoms with E-state index in [0.717, 1.165) is 6.07 Å². The highest BCUT2D eigenvalue weighted by Gasteiger charge is 2.48. The zero-order valence-corrected chi connectivity index (χ0v) is 12.4. The van der Waals surface area contributed by atoms with E-state index in [2.05, 4.69) is 5.32 Å². The second-order valence-electron chi connectivity index (χ2n) is 6.39. The van der Waals surface area contributed by atoms with Crippen LogP contribution in [-0.4, -0.2) is 11.9 Å². The van der Waals surface area contributed by atoms with Crippen LogP contribution in [0.1, 0.15) is 44.7 Å². The van der Waals surface area contributed by atoms with Crippen LogP contribution in [0.3, 0.4) is 0 Å². The van der Waals surface area contributed by atoms with Gasteiger partial charge in [-0.25, -0.2) is 0 Å². The normalized spacial score (nSPS) is 26.2. The average molecular weight is 299 g/mol. The fraction of sp³-hybridized carbons (Fsp3) is 0.562. The molecule has 1 aliphatic rings. The molecule has 21 heavy (non-hydrogen) atoms. The Morgan fingerprint density at radius 1 is 1.33 bits per heavy atom. The third kappa shape index (κ3) is 3.06. The van der Waals surface area contributed by atoms with E-state index in [1.165, 1.54) is 12.1 Å². The lowest BCUT2D eigenvalue weighted by Crippen LogP contribution is -2.40. The van der Waals surface area contributed by atoms with E-state index >= 15 is 0 Å². The fourth-order valence-electron chi connectivity index (χ4n) is 3.16. The number of halogens is 3. The Hall–Kier alpha value is -1.52. The first-order valence-electron chi connectivity index (χ1n) is 7.10. The van der Waals surface area contributed by atoms with Crippen LogP contribution in [0.25, 0.3) is 0 Å². The molecule has 2 nitrogen and oxygen atoms in total. The summed E-state index contributed by atoms with van der Waals surface area (Å²) in [4.78, 5) is 11.8. The summed E-state index contributed by atoms with van der Waals surface area (Å²) in [5.74, 6) is 0.117. The van der Waals surface area contributed by atoms with Crippen LogP contribution >= 0.6 is 0 Å². The summed E-state index contributed by atoms with van der Waals surface area (Å²) >= 11 is 0. The van der Waals surface area contributed by atoms with Crippen molar-refractivity contribution in [1.29, 1.82) is 0 Å². The summed E-state index contributed by atoms with van der Waals surface area (Å²) in [6, 6.07) is 5.31. The Balaban J connectivity index is 2.50. The maximum atomic E-state index is 13.3. The van der Waals surface area contributed by atoms with Gasteiger partial charge >= 0.3 is 6.18 Å². The molecule has 2 rings (SSSR count). The molecule has 1 saturated heterocycles. The molecule has 1 amide bonds. The Bertz CT molecular complexity index is 539. The number of carbonyl (C=O) groups is 1. The highest BCUT2D eigenvalue weighted by molar-refractivity contribution is 5.81. The second-order valence-corrected chi connectivity index (χ2v) is 6.39. The third-order valence-corrected chi connectivity index (χ3v) is 4.19. The first-order chi connectivity index (χ1) is 9.64. The summed E-state index contributed by atoms with van der Waals surface area (Å²) in [5, 5.41) is 2.85. The Morgan fingerprint density at radius 3 is 2.52 bits per heavy atom. The molecule has 1 heterocycles. The maximum Gasteiger partial charge on any atom is 0.416 e. The highest BCUT2D eigenvalue weighted by atomic mass is 19.4. The topological polar surface area (TPSA) is 29.1 Å². The lowest BCUT2D eigenvalue weighted by Gasteiger charge is -2.34. The van der Waals surface area contributed by atoms with Crippen molar-refractivity contribution in [2.24, 2.45) is 5.92 Å². The largest absolute Gasteiger partial charge is 0.416 e. The van der Waals surface area contributed by atoms with Gasteiger partial charge < -0.3 is 5.32 Å². The monoisotopic (exact) mass is 299 g/mol. The van der Waals surface area contributed by atoms with Gasteiger partial charge in [-0.15, -0.1) is 0 Å². The standard InChI is InChI=1S/C16H20F3NO/c1-10(2)8-13-15(3,9-14(21)20-13)11-6-4-5-7-12(11)16(17,18)19/h4-7,10,13H,8-9H2,1-3H3,(H,20,21). The Morgan fingerprint density at radius 2 is 1.95 bits per heavy atom. The molecule has 0 aromatic heterocycles. The summed E-state index contributed by atoms with van der Waals surface area (Å²) in [5.41, 5.74) is -1.26. The SMILES string of the molecule is CC(C)CC1NC(=O)CC1(C)c1ccccc1C(F)(F)F. The van der Waals surface area contributed by atoms with Crippen molar-refractivity contribution in [2.75, 3.05) is 0 Å². The molecule has 1 fully saturated rings. The molecule has 1 aromatic carbocycles. The molecule has 2 atom stereocenters. The van der Waals surface area contributed by atoms with Crippen LogP contribution in [0.15, 0.2) is 24.3 Å². The number of alkyl halides is 3. The second kappa shape index (κ2) is 5.35. The number of rotatable bonds is 3. The van der Waals surface area contributed by atoms with Gasteiger partial charge in [0, 0.05) is 17.9 Å². The highest BCUT2D eigenvalue weighted by Crippen LogP contribution is 2.44. The van der Waals surface area contributed by atoms with E-state index in [-0.39, 0.29) is 23.9 Å². The molecule has 0 aliphatic carbocycles. The van der Waals surface area contributed by atoms with Crippen LogP contribution < -0.4 is 5.32 Å². The van der Waals surface area contributed by atoms with E-state index in [4.69, 9.17) is 0 Å². The van der Waals surface area contributed by atoms with Gasteiger partial charge in [0.15, 0.2) is 0 Å². The van der Waals surface area contributed by atoms with Gasteiger partial charge in [-0.3, -0.25) is 4.79 Å². The number of nitrogens with one attached hydrogen (secondary N) is 1. The minimum Gasteiger partial charge on any atom is -0.352 e. The van der Waals surface area contributed by atoms with Crippen LogP contribution in [-0.2, 0) is 16.4 Å². The Kier molecular flexibility index (Phi) is 4.04. The van der Waals surface area contributed by atoms with Gasteiger partial charge in [0.1, 0.15) is 0 Å². The van der Waals surface area contributed by atoms with E-state index in [1.54, 1.807) is 13.0 Å². The van der Waals surface area contributed by atoms with Crippen LogP contribution in [0.5, 0.6) is 0 Å². The van der Waals surface area contributed by atoms with Crippen LogP contribution in [0.4, 0.5) is 13.2 Å². The predicted octanol–water partition coefficient (Wildman–Crippen LogP) is 3.90. The molecule has 0 spiro atoms. The maximum absolute atomic E-state index is 13.3. The molecule has 5 heteroatoms. The van der Waals surface area contributed by atoms with E-state index in [9.17, 15) is 18.0 Å². The van der Waals surface area contributed by atoms with Crippen molar-refractivity contribution in [3.05, 3.63) is 35.4 Å². The zero-order chi connectivity index (χ0) is 15.8. The lowest BCUT2D eigenvalue weighted by molar-refractivity contribution is -0.139. The molecule has 0 radical (unpaired) electrons. The average Bonchev–Trinajstić information content (AvgIpc) is 2.63. The quantitative estimate of drug-likeness (QED) is 0.901. The number of hydrogen-bond acceptors (Lipinski definition) is 1. The molecular weight excluding hydrogens is 279 g/mol. The summed E-state index contributed by atoms with van der Waals surface area (Å²) in [6.45, 7) is 5.75. The first kappa shape index (κ1) is 15.9. The van der Waals surface area contributed by atoms with Gasteiger partial charge in [0.2, 0.25) is 5.91 Å². The van der Waals surface area contributed by atoms with Crippen molar-refractivity contribution < 1.29 is 18.0 Å². The molecular formula is C16H20F3NO. The first-order valence-corrected chi connectivity index (χ1v) is 7.10. The number of benzene rings is 1. The molecule has 1 aliphatic heterocycles. The van der Waals surface area contributed by atoms with Gasteiger partial charge in [0.25, 0.3) is 0 Å². The zero-order valence-electron chi connectivity index (χ0n) is 12.4. The van der Waals surface area contributed by atoms with Crippen molar-refractivity contribution in [3.63, 3.8) is 0 Å². The number of hydrogen-bond donors (Lipinski definition) is 1. The van der Waals surface area contributed by atoms with Crippen molar-refractivity contribution in [3.8, 4) is 0 Å². The molecule has 2 unspecified atom stereocenters. The van der Waals surface area contributed by atoms with Gasteiger partial charge in [-0.1, -0.05) is 39.0 Å². The lowest BCUT2D eigenvalue weighted by atomic mass is 9.72. The van der Waals surface area contributed by atoms with Crippen molar-refractivity contribution in [1.82, 2.24) is 5.32 Å². The minimum atomic E-state index is -4.41. The van der Waals surface area contributed by atoms with Crippen molar-refractivity contribution in [2.45, 2.75) is 51.2 Å². The third-order valence-electron chi connectivity index (χ3n) is 4.19. The summed E-state index contributed by atoms with van der Waals surface area (Å²) < 4.78 is 39.8. The predicted molar refractivity (Wildman–Crippen MR) is 74.8 cm³/mol. The van der Waals surface area contributed by atoms with Crippen molar-refractivity contribution >= 4 is 5.91 Å². The van der Waals surface area contributed by atoms with E-state index in [0.29, 0.717) is 12.3 Å². The Labute approximate surface area is 122 Å². The molecule has 0 bridgehead atoms. The molecule has 116 valence electrons. The van der Waals surface area contributed by atoms with Crippen LogP contribution in [0.2, 0.25) is 0 Å². The molecule has 0 saturated carbocycles. The minimum absolute atomic E-state index is 0.0947. The summed E-state index contributed by atoms with van der Waals surface area (Å²) in [6.07, 6.45) is -3.65. The number of carbonyl (C=O) groups excluding carboxylic acids is 1. The number of amides is 1. The molecule has 1 aromatic rings. The van der Waals surface area contributed by atoms with Gasteiger partial charge in [0.05, 0.1) is 5.56 Å². The van der Waals surface area contributed by atoms with E-state index < -0.39 is 17.2 Å². The fourth-order valence-corrected chi connectivity index (χ4v) is 3.16. The van der Waals surface area contributed by atoms with E-state index in [1.807, 2.05) is 13.8 Å². The van der Waals surface area contributed by atoms with Gasteiger partial charge in [-0.2, -0.15) is 13.2 Å². The van der Waals surface area contributed by atoms with Gasteiger partial charge in [-0.05, 0) is 24.0 Å². The molecule has 1 N–H and O–H groups in total. The van der Waals surface area contributed by atoms with Crippen LogP contribution in [0, 0.1) is 5.92 Å². The smallest absolute Gasteiger partial charge is 0.352 e. The summed E-state index contributed by atoms with van der Waals surface area (Å²) in [7, 11) is 0.